The Kier molecular flexibility index (Phi) is 2.57. The van der Waals surface area contributed by atoms with Crippen molar-refractivity contribution in [2.24, 2.45) is 0 Å². The van der Waals surface area contributed by atoms with E-state index in [-0.39, 0.29) is 0 Å². The molecule has 0 spiro atoms. The molecule has 0 N–H and O–H groups in total. The van der Waals surface area contributed by atoms with Crippen LogP contribution in [0, 0.1) is 0 Å². The monoisotopic (exact) mass is 69.0 g/mol. The van der Waals surface area contributed by atoms with E-state index in [1.165, 1.54) is 6.08 Å². The molecule has 0 unspecified atom stereocenters. The lowest BCUT2D eigenvalue weighted by molar-refractivity contribution is 0.563. The van der Waals surface area contributed by atoms with Crippen molar-refractivity contribution in [1.29, 1.82) is 0 Å². The van der Waals surface area contributed by atoms with Gasteiger partial charge in [-0.15, -0.1) is 0 Å². The summed E-state index contributed by atoms with van der Waals surface area (Å²) in [6.07, 6.45) is 2.41. The van der Waals surface area contributed by atoms with Crippen LogP contribution in [-0.4, -0.2) is 6.08 Å². The first-order valence-electron chi connectivity index (χ1n) is 1.09. The summed E-state index contributed by atoms with van der Waals surface area (Å²) in [4.78, 5) is 12.0. The van der Waals surface area contributed by atoms with E-state index in [1.807, 2.05) is 0 Å². The number of aliphatic imine (C=N–C) groups is 1. The van der Waals surface area contributed by atoms with Gasteiger partial charge in [0.1, 0.15) is 0 Å². The molecule has 1 radical (unpaired) electrons. The lowest BCUT2D eigenvalue weighted by Crippen LogP contribution is -1.63. The summed E-state index contributed by atoms with van der Waals surface area (Å²) in [6, 6.07) is 0. The van der Waals surface area contributed by atoms with E-state index >= 15 is 0 Å². The van der Waals surface area contributed by atoms with Gasteiger partial charge in [0, 0.05) is 0 Å². The molecule has 0 amide bonds. The van der Waals surface area contributed by atoms with Gasteiger partial charge < -0.3 is 0 Å². The third-order valence-corrected chi connectivity index (χ3v) is 0.144. The Balaban J connectivity index is 3.31. The number of hydrogen-bond acceptors (Lipinski definition) is 2. The topological polar surface area (TPSA) is 31.2 Å². The van der Waals surface area contributed by atoms with E-state index in [2.05, 4.69) is 11.6 Å². The molecule has 0 atom stereocenters. The van der Waals surface area contributed by atoms with Gasteiger partial charge in [-0.1, -0.05) is 0 Å². The van der Waals surface area contributed by atoms with Gasteiger partial charge in [-0.2, -0.15) is 4.79 Å². The number of carbonyl (C=O) groups excluding carboxylic acids is 1. The van der Waals surface area contributed by atoms with Crippen LogP contribution in [0.1, 0.15) is 0 Å². The van der Waals surface area contributed by atoms with Crippen LogP contribution in [-0.2, 0) is 4.79 Å². The fourth-order valence-electron chi connectivity index (χ4n) is 0.0373. The summed E-state index contributed by atoms with van der Waals surface area (Å²) in [5.74, 6) is 0. The van der Waals surface area contributed by atoms with Crippen LogP contribution in [0.25, 0.3) is 0 Å². The van der Waals surface area contributed by atoms with Gasteiger partial charge in [0.25, 0.3) is 6.20 Å². The highest BCUT2D eigenvalue weighted by molar-refractivity contribution is 5.31. The highest BCUT2D eigenvalue weighted by atomic mass is 16.1. The lowest BCUT2D eigenvalue weighted by Gasteiger charge is -1.21. The maximum Gasteiger partial charge on any atom is 0.503 e. The summed E-state index contributed by atoms with van der Waals surface area (Å²) >= 11 is 0. The van der Waals surface area contributed by atoms with E-state index in [9.17, 15) is 0 Å². The summed E-state index contributed by atoms with van der Waals surface area (Å²) < 4.78 is 0. The number of isocyanates is 1. The standard InChI is InChI=1S/C3H3NO/c1-2-4-3-5/h2H,1H2/q+1. The van der Waals surface area contributed by atoms with Crippen molar-refractivity contribution >= 4 is 6.08 Å². The molecule has 0 fully saturated rings. The summed E-state index contributed by atoms with van der Waals surface area (Å²) in [6.45, 7) is 3.12. The van der Waals surface area contributed by atoms with Gasteiger partial charge >= 0.3 is 6.08 Å². The normalized spacial score (nSPS) is 4.80. The van der Waals surface area contributed by atoms with E-state index in [0.717, 1.165) is 6.20 Å². The molecule has 0 aromatic heterocycles. The van der Waals surface area contributed by atoms with Crippen molar-refractivity contribution in [3.63, 3.8) is 0 Å². The Morgan fingerprint density at radius 2 is 2.60 bits per heavy atom. The Morgan fingerprint density at radius 3 is 2.60 bits per heavy atom. The zero-order valence-corrected chi connectivity index (χ0v) is 2.64. The predicted octanol–water partition coefficient (Wildman–Crippen LogP) is -0.199. The predicted molar refractivity (Wildman–Crippen MR) is 18.0 cm³/mol. The summed E-state index contributed by atoms with van der Waals surface area (Å²) in [5, 5.41) is 0. The van der Waals surface area contributed by atoms with Gasteiger partial charge in [0.2, 0.25) is 0 Å². The van der Waals surface area contributed by atoms with E-state index < -0.39 is 0 Å². The second-order valence-corrected chi connectivity index (χ2v) is 0.403. The fraction of sp³-hybridized carbons (Fsp3) is 0. The minimum atomic E-state index is 1.13. The molecular formula is C3H3NO+. The van der Waals surface area contributed by atoms with Crippen LogP contribution >= 0.6 is 0 Å². The van der Waals surface area contributed by atoms with Crippen molar-refractivity contribution in [2.75, 3.05) is 0 Å². The number of rotatable bonds is 1. The van der Waals surface area contributed by atoms with Gasteiger partial charge in [0.05, 0.1) is 0 Å². The second kappa shape index (κ2) is 3.12. The first-order chi connectivity index (χ1) is 2.41. The Labute approximate surface area is 29.8 Å². The Morgan fingerprint density at radius 1 is 2.00 bits per heavy atom. The van der Waals surface area contributed by atoms with Crippen LogP contribution in [0.3, 0.4) is 0 Å². The minimum Gasteiger partial charge on any atom is -0.154 e. The highest BCUT2D eigenvalue weighted by Crippen LogP contribution is 1.31. The van der Waals surface area contributed by atoms with Crippen molar-refractivity contribution < 1.29 is 4.79 Å². The quantitative estimate of drug-likeness (QED) is 0.310. The molecule has 5 heavy (non-hydrogen) atoms. The maximum absolute atomic E-state index is 9.04. The first kappa shape index (κ1) is 4.12. The fourth-order valence-corrected chi connectivity index (χ4v) is 0.0373. The molecule has 2 nitrogen and oxygen atoms in total. The zero-order chi connectivity index (χ0) is 4.12. The van der Waals surface area contributed by atoms with Crippen molar-refractivity contribution in [2.45, 2.75) is 0 Å². The van der Waals surface area contributed by atoms with Crippen molar-refractivity contribution in [3.8, 4) is 0 Å². The average molecular weight is 69.1 g/mol. The third-order valence-electron chi connectivity index (χ3n) is 0.144. The van der Waals surface area contributed by atoms with Gasteiger partial charge in [-0.25, -0.2) is 0 Å². The molecule has 0 aromatic carbocycles. The summed E-state index contributed by atoms with van der Waals surface area (Å²) in [7, 11) is 0. The minimum absolute atomic E-state index is 1.13. The highest BCUT2D eigenvalue weighted by Gasteiger charge is 1.65. The number of hydrogen-bond donors (Lipinski definition) is 0. The molecule has 0 saturated carbocycles. The Hall–Kier alpha value is -0.880. The summed E-state index contributed by atoms with van der Waals surface area (Å²) in [5.41, 5.74) is 0. The molecule has 0 aliphatic carbocycles. The molecule has 0 aliphatic heterocycles. The molecule has 2 heteroatoms. The van der Waals surface area contributed by atoms with Gasteiger partial charge in [-0.05, 0) is 6.58 Å². The molecule has 0 aromatic rings. The number of nitrogens with zero attached hydrogens (tertiary/aromatic N) is 1. The largest absolute Gasteiger partial charge is 0.503 e. The van der Waals surface area contributed by atoms with E-state index in [1.54, 1.807) is 0 Å². The maximum atomic E-state index is 9.04. The zero-order valence-electron chi connectivity index (χ0n) is 2.64. The Bertz CT molecular complexity index is 71.0. The van der Waals surface area contributed by atoms with Crippen LogP contribution in [0.2, 0.25) is 0 Å². The molecule has 25 valence electrons. The SMILES string of the molecule is C=C[N+]=C=O. The first-order valence-corrected chi connectivity index (χ1v) is 1.09. The lowest BCUT2D eigenvalue weighted by atomic mass is 11.1. The van der Waals surface area contributed by atoms with E-state index in [0.29, 0.717) is 0 Å². The molecule has 0 rings (SSSR count). The van der Waals surface area contributed by atoms with E-state index in [4.69, 9.17) is 4.79 Å². The molecule has 0 heterocycles. The smallest absolute Gasteiger partial charge is 0.154 e. The van der Waals surface area contributed by atoms with Gasteiger partial charge in [0.15, 0.2) is 4.99 Å². The molecular weight excluding hydrogens is 66.0 g/mol. The third kappa shape index (κ3) is 3.12. The molecule has 0 saturated heterocycles. The van der Waals surface area contributed by atoms with Gasteiger partial charge in [-0.3, -0.25) is 0 Å². The van der Waals surface area contributed by atoms with Crippen LogP contribution in [0.5, 0.6) is 0 Å². The van der Waals surface area contributed by atoms with Crippen LogP contribution < -0.4 is 4.99 Å². The van der Waals surface area contributed by atoms with Crippen molar-refractivity contribution in [1.82, 2.24) is 4.99 Å². The second-order valence-electron chi connectivity index (χ2n) is 0.403. The average Bonchev–Trinajstić information content (AvgIpc) is 1.41. The van der Waals surface area contributed by atoms with Crippen molar-refractivity contribution in [3.05, 3.63) is 12.8 Å². The molecule has 0 bridgehead atoms. The molecule has 0 aliphatic rings. The van der Waals surface area contributed by atoms with Crippen LogP contribution in [0.4, 0.5) is 0 Å². The van der Waals surface area contributed by atoms with Crippen LogP contribution in [0.15, 0.2) is 12.8 Å².